The molecule has 0 bridgehead atoms. The number of rotatable bonds is 2. The van der Waals surface area contributed by atoms with Crippen molar-refractivity contribution >= 4 is 11.3 Å². The molecule has 0 aliphatic heterocycles. The summed E-state index contributed by atoms with van der Waals surface area (Å²) >= 11 is 1.68. The lowest BCUT2D eigenvalue weighted by molar-refractivity contribution is 0.597. The van der Waals surface area contributed by atoms with Crippen LogP contribution in [0.15, 0.2) is 52.4 Å². The van der Waals surface area contributed by atoms with Crippen molar-refractivity contribution in [2.24, 2.45) is 0 Å². The van der Waals surface area contributed by atoms with Gasteiger partial charge in [0.05, 0.1) is 10.6 Å². The van der Waals surface area contributed by atoms with Gasteiger partial charge < -0.3 is 9.40 Å². The third-order valence-electron chi connectivity index (χ3n) is 2.23. The van der Waals surface area contributed by atoms with Crippen LogP contribution >= 0.6 is 11.3 Å². The van der Waals surface area contributed by atoms with Gasteiger partial charge in [0.25, 0.3) is 0 Å². The van der Waals surface area contributed by atoms with Crippen LogP contribution in [-0.2, 0) is 0 Å². The Kier molecular flexibility index (Phi) is 1.96. The van der Waals surface area contributed by atoms with Crippen LogP contribution in [0.1, 0.15) is 0 Å². The summed E-state index contributed by atoms with van der Waals surface area (Å²) in [5.74, 6) is 1.80. The van der Waals surface area contributed by atoms with Gasteiger partial charge in [-0.1, -0.05) is 6.07 Å². The van der Waals surface area contributed by atoms with Gasteiger partial charge in [0, 0.05) is 6.20 Å². The minimum absolute atomic E-state index is 0.878. The van der Waals surface area contributed by atoms with Crippen molar-refractivity contribution in [2.45, 2.75) is 0 Å². The van der Waals surface area contributed by atoms with Crippen molar-refractivity contribution in [1.82, 2.24) is 4.98 Å². The summed E-state index contributed by atoms with van der Waals surface area (Å²) in [6.45, 7) is 0. The van der Waals surface area contributed by atoms with Gasteiger partial charge in [-0.05, 0) is 35.7 Å². The zero-order valence-electron chi connectivity index (χ0n) is 7.94. The molecule has 2 nitrogen and oxygen atoms in total. The van der Waals surface area contributed by atoms with E-state index in [1.54, 1.807) is 11.3 Å². The zero-order chi connectivity index (χ0) is 10.1. The molecule has 74 valence electrons. The second-order valence-corrected chi connectivity index (χ2v) is 4.17. The molecule has 15 heavy (non-hydrogen) atoms. The van der Waals surface area contributed by atoms with E-state index in [0.717, 1.165) is 22.1 Å². The number of nitrogens with one attached hydrogen (secondary N) is 1. The standard InChI is InChI=1S/C12H9NOS/c1-3-9(13-7-1)10-5-6-11(14-10)12-4-2-8-15-12/h1-8,13H. The maximum Gasteiger partial charge on any atom is 0.151 e. The Bertz CT molecular complexity index is 485. The molecule has 0 amide bonds. The highest BCUT2D eigenvalue weighted by molar-refractivity contribution is 7.13. The first-order valence-corrected chi connectivity index (χ1v) is 5.59. The second-order valence-electron chi connectivity index (χ2n) is 3.22. The number of thiophene rings is 1. The molecule has 3 rings (SSSR count). The highest BCUT2D eigenvalue weighted by Crippen LogP contribution is 2.30. The Morgan fingerprint density at radius 1 is 1.00 bits per heavy atom. The monoisotopic (exact) mass is 215 g/mol. The quantitative estimate of drug-likeness (QED) is 0.687. The van der Waals surface area contributed by atoms with Crippen molar-refractivity contribution < 1.29 is 4.42 Å². The highest BCUT2D eigenvalue weighted by atomic mass is 32.1. The van der Waals surface area contributed by atoms with E-state index in [1.165, 1.54) is 0 Å². The number of hydrogen-bond donors (Lipinski definition) is 1. The molecule has 3 heteroatoms. The van der Waals surface area contributed by atoms with E-state index in [-0.39, 0.29) is 0 Å². The first-order valence-electron chi connectivity index (χ1n) is 4.71. The first kappa shape index (κ1) is 8.56. The van der Waals surface area contributed by atoms with Gasteiger partial charge in [0.1, 0.15) is 5.76 Å². The van der Waals surface area contributed by atoms with Crippen molar-refractivity contribution in [3.63, 3.8) is 0 Å². The Morgan fingerprint density at radius 3 is 2.67 bits per heavy atom. The lowest BCUT2D eigenvalue weighted by Crippen LogP contribution is -1.69. The Morgan fingerprint density at radius 2 is 1.93 bits per heavy atom. The minimum atomic E-state index is 0.878. The molecular weight excluding hydrogens is 206 g/mol. The molecule has 0 aromatic carbocycles. The number of H-pyrrole nitrogens is 1. The molecule has 0 atom stereocenters. The molecule has 0 saturated heterocycles. The van der Waals surface area contributed by atoms with Crippen molar-refractivity contribution in [2.75, 3.05) is 0 Å². The third-order valence-corrected chi connectivity index (χ3v) is 3.12. The van der Waals surface area contributed by atoms with Gasteiger partial charge in [0.2, 0.25) is 0 Å². The Balaban J connectivity index is 2.02. The van der Waals surface area contributed by atoms with Crippen molar-refractivity contribution in [1.29, 1.82) is 0 Å². The SMILES string of the molecule is c1c[nH]c(-c2ccc(-c3cccs3)o2)c1. The number of aromatic amines is 1. The molecule has 0 aliphatic carbocycles. The highest BCUT2D eigenvalue weighted by Gasteiger charge is 2.07. The summed E-state index contributed by atoms with van der Waals surface area (Å²) in [5, 5.41) is 2.05. The maximum absolute atomic E-state index is 5.75. The summed E-state index contributed by atoms with van der Waals surface area (Å²) in [5.41, 5.74) is 1.01. The predicted octanol–water partition coefficient (Wildman–Crippen LogP) is 4.00. The normalized spacial score (nSPS) is 10.7. The van der Waals surface area contributed by atoms with E-state index in [1.807, 2.05) is 41.9 Å². The molecule has 0 fully saturated rings. The molecule has 1 N–H and O–H groups in total. The van der Waals surface area contributed by atoms with E-state index in [9.17, 15) is 0 Å². The van der Waals surface area contributed by atoms with Crippen LogP contribution < -0.4 is 0 Å². The average molecular weight is 215 g/mol. The lowest BCUT2D eigenvalue weighted by atomic mass is 10.3. The van der Waals surface area contributed by atoms with Crippen LogP contribution in [0, 0.1) is 0 Å². The fraction of sp³-hybridized carbons (Fsp3) is 0. The molecular formula is C12H9NOS. The van der Waals surface area contributed by atoms with Gasteiger partial charge in [-0.2, -0.15) is 0 Å². The number of aromatic nitrogens is 1. The third kappa shape index (κ3) is 1.51. The van der Waals surface area contributed by atoms with Crippen LogP contribution in [0.2, 0.25) is 0 Å². The topological polar surface area (TPSA) is 28.9 Å². The van der Waals surface area contributed by atoms with Gasteiger partial charge >= 0.3 is 0 Å². The minimum Gasteiger partial charge on any atom is -0.454 e. The van der Waals surface area contributed by atoms with E-state index < -0.39 is 0 Å². The molecule has 3 heterocycles. The number of hydrogen-bond acceptors (Lipinski definition) is 2. The summed E-state index contributed by atoms with van der Waals surface area (Å²) in [6.07, 6.45) is 1.89. The summed E-state index contributed by atoms with van der Waals surface area (Å²) in [6, 6.07) is 12.0. The number of furan rings is 1. The van der Waals surface area contributed by atoms with E-state index in [0.29, 0.717) is 0 Å². The Hall–Kier alpha value is -1.74. The predicted molar refractivity (Wildman–Crippen MR) is 61.8 cm³/mol. The van der Waals surface area contributed by atoms with Crippen LogP contribution in [0.4, 0.5) is 0 Å². The molecule has 0 radical (unpaired) electrons. The summed E-state index contributed by atoms with van der Waals surface area (Å²) in [7, 11) is 0. The molecule has 3 aromatic heterocycles. The average Bonchev–Trinajstić information content (AvgIpc) is 3.02. The van der Waals surface area contributed by atoms with E-state index in [4.69, 9.17) is 4.42 Å². The van der Waals surface area contributed by atoms with Crippen LogP contribution in [0.5, 0.6) is 0 Å². The van der Waals surface area contributed by atoms with Gasteiger partial charge in [-0.15, -0.1) is 11.3 Å². The smallest absolute Gasteiger partial charge is 0.151 e. The molecule has 0 saturated carbocycles. The van der Waals surface area contributed by atoms with Crippen molar-refractivity contribution in [3.8, 4) is 22.1 Å². The maximum atomic E-state index is 5.75. The summed E-state index contributed by atoms with van der Waals surface area (Å²) in [4.78, 5) is 4.28. The van der Waals surface area contributed by atoms with E-state index in [2.05, 4.69) is 11.1 Å². The van der Waals surface area contributed by atoms with E-state index >= 15 is 0 Å². The second kappa shape index (κ2) is 3.44. The fourth-order valence-electron chi connectivity index (χ4n) is 1.52. The zero-order valence-corrected chi connectivity index (χ0v) is 8.75. The Labute approximate surface area is 91.2 Å². The van der Waals surface area contributed by atoms with Crippen LogP contribution in [0.25, 0.3) is 22.1 Å². The largest absolute Gasteiger partial charge is 0.454 e. The lowest BCUT2D eigenvalue weighted by Gasteiger charge is -1.91. The molecule has 0 unspecified atom stereocenters. The molecule has 0 spiro atoms. The van der Waals surface area contributed by atoms with Crippen LogP contribution in [-0.4, -0.2) is 4.98 Å². The summed E-state index contributed by atoms with van der Waals surface area (Å²) < 4.78 is 5.75. The van der Waals surface area contributed by atoms with Crippen LogP contribution in [0.3, 0.4) is 0 Å². The van der Waals surface area contributed by atoms with Gasteiger partial charge in [0.15, 0.2) is 5.76 Å². The van der Waals surface area contributed by atoms with Crippen molar-refractivity contribution in [3.05, 3.63) is 48.0 Å². The first-order chi connectivity index (χ1) is 7.43. The molecule has 3 aromatic rings. The van der Waals surface area contributed by atoms with Gasteiger partial charge in [-0.3, -0.25) is 0 Å². The molecule has 0 aliphatic rings. The van der Waals surface area contributed by atoms with Gasteiger partial charge in [-0.25, -0.2) is 0 Å². The fourth-order valence-corrected chi connectivity index (χ4v) is 2.20.